The van der Waals surface area contributed by atoms with Crippen molar-refractivity contribution in [2.45, 2.75) is 347 Å². The number of carboxylic acids is 2. The summed E-state index contributed by atoms with van der Waals surface area (Å²) in [5.74, 6) is -3.35. The Morgan fingerprint density at radius 3 is 1.14 bits per heavy atom. The van der Waals surface area contributed by atoms with Crippen molar-refractivity contribution >= 4 is 35.4 Å². The van der Waals surface area contributed by atoms with E-state index in [0.29, 0.717) is 81.5 Å². The lowest BCUT2D eigenvalue weighted by molar-refractivity contribution is -0.259. The van der Waals surface area contributed by atoms with Crippen molar-refractivity contribution in [3.05, 3.63) is 108 Å². The van der Waals surface area contributed by atoms with Crippen LogP contribution in [0.1, 0.15) is 240 Å². The van der Waals surface area contributed by atoms with E-state index in [9.17, 15) is 39.0 Å². The van der Waals surface area contributed by atoms with Gasteiger partial charge in [-0.1, -0.05) is 172 Å². The van der Waals surface area contributed by atoms with Gasteiger partial charge in [0, 0.05) is 44.9 Å². The van der Waals surface area contributed by atoms with Gasteiger partial charge in [-0.25, -0.2) is 0 Å². The van der Waals surface area contributed by atoms with Gasteiger partial charge in [0.2, 0.25) is 17.7 Å². The highest BCUT2D eigenvalue weighted by atomic mass is 16.7. The maximum absolute atomic E-state index is 12.3. The number of unbranched alkanes of at least 4 members (excludes halogenated alkanes) is 1. The van der Waals surface area contributed by atoms with Crippen LogP contribution in [0, 0.1) is 35.5 Å². The van der Waals surface area contributed by atoms with Gasteiger partial charge >= 0.3 is 11.9 Å². The lowest BCUT2D eigenvalue weighted by atomic mass is 9.86. The molecule has 111 heavy (non-hydrogen) atoms. The van der Waals surface area contributed by atoms with Crippen LogP contribution in [0.25, 0.3) is 0 Å². The minimum absolute atomic E-state index is 0.00329. The van der Waals surface area contributed by atoms with Crippen molar-refractivity contribution in [2.75, 3.05) is 26.4 Å². The first-order valence-electron chi connectivity index (χ1n) is 41.3. The molecule has 0 aromatic carbocycles. The number of epoxide rings is 3. The number of hydrogen-bond donors (Lipinski definition) is 8. The van der Waals surface area contributed by atoms with Gasteiger partial charge < -0.3 is 84.7 Å². The number of carbonyl (C=O) groups is 6. The Hall–Kier alpha value is -5.80. The van der Waals surface area contributed by atoms with Crippen LogP contribution in [0.2, 0.25) is 0 Å². The van der Waals surface area contributed by atoms with Crippen LogP contribution in [0.15, 0.2) is 108 Å². The number of aliphatic carboxylic acids is 2. The van der Waals surface area contributed by atoms with Gasteiger partial charge in [0.25, 0.3) is 0 Å². The largest absolute Gasteiger partial charge is 0.481 e. The third-order valence-electron chi connectivity index (χ3n) is 22.0. The van der Waals surface area contributed by atoms with Gasteiger partial charge in [-0.3, -0.25) is 28.8 Å². The Morgan fingerprint density at radius 1 is 0.477 bits per heavy atom. The molecule has 9 heterocycles. The maximum Gasteiger partial charge on any atom is 0.308 e. The van der Waals surface area contributed by atoms with Crippen LogP contribution in [0.4, 0.5) is 0 Å². The lowest BCUT2D eigenvalue weighted by Gasteiger charge is -2.39. The second kappa shape index (κ2) is 44.3. The summed E-state index contributed by atoms with van der Waals surface area (Å²) >= 11 is 0. The number of rotatable bonds is 31. The number of ketones is 1. The molecule has 21 atom stereocenters. The standard InChI is InChI=1S/C31H49NO6.C27H41NO7.C27H41NO6.C3H9N/c1-7-8-9-25(33)17-31(35)19-30(20-36-30)18-26(38-31)13-11-22(4)12-14-28-23(5)16-27(24(6)37-28)32-29(34)15-10-21(2)3;1-17(2)6-11-24(29)28-22-12-19(4)23(34-20(22)5)10-8-18(3)7-9-21-13-26(16-33-26)15-27(32,35-21)14-25(30)31;1-17(2)6-11-25(29)28-23-12-19(4)24(33-20(23)5)10-8-18(3)7-9-21-14-27(16-32-27)15-22(34-21)13-26(30)31;1-2-3-4/h10-13,15,21,23-24,26-28,35H,7-9,14,16-20H2,1-6H3,(H,32,34);6-9,11,17,19-23,32H,10,12-16H2,1-5H3,(H,28,29)(H,30,31);6-9,11,17,19-24H,10,12-16H2,1-5H3,(H,28,29)(H,30,31);2-4H2,1H3/b13-11+,15-10-,22-12+;2*9-7+,11-6-,18-8+;/t23-,24+,26+,27+,28-,30+,31?;19-,20+,21+,22+,23-,26+,27?;19-,20+,21+,22+,23+,24-,27+;/m000./s1. The molecule has 0 bridgehead atoms. The van der Waals surface area contributed by atoms with Gasteiger partial charge in [-0.05, 0) is 153 Å². The number of aliphatic hydroxyl groups is 2. The zero-order valence-electron chi connectivity index (χ0n) is 69.9. The molecular formula is C88H140N4O19. The first-order chi connectivity index (χ1) is 52.3. The molecule has 3 amide bonds. The van der Waals surface area contributed by atoms with E-state index in [-0.39, 0.29) is 133 Å². The molecule has 9 saturated heterocycles. The van der Waals surface area contributed by atoms with E-state index in [2.05, 4.69) is 68.8 Å². The van der Waals surface area contributed by atoms with E-state index in [4.69, 9.17) is 58.6 Å². The molecule has 2 unspecified atom stereocenters. The van der Waals surface area contributed by atoms with E-state index in [1.807, 2.05) is 138 Å². The molecule has 0 radical (unpaired) electrons. The second-order valence-electron chi connectivity index (χ2n) is 34.4. The zero-order chi connectivity index (χ0) is 82.0. The highest BCUT2D eigenvalue weighted by molar-refractivity contribution is 5.88. The van der Waals surface area contributed by atoms with Gasteiger partial charge in [0.1, 0.15) is 5.78 Å². The quantitative estimate of drug-likeness (QED) is 0.0182. The highest BCUT2D eigenvalue weighted by Crippen LogP contribution is 2.49. The molecule has 9 rings (SSSR count). The summed E-state index contributed by atoms with van der Waals surface area (Å²) in [4.78, 5) is 71.2. The Bertz CT molecular complexity index is 3280. The average Bonchev–Trinajstić information content (AvgIpc) is 1.63. The Labute approximate surface area is 662 Å². The topological polar surface area (TPSA) is 338 Å². The fourth-order valence-corrected chi connectivity index (χ4v) is 15.2. The molecule has 9 aliphatic heterocycles. The minimum Gasteiger partial charge on any atom is -0.481 e. The first kappa shape index (κ1) is 94.1. The molecule has 9 aliphatic rings. The zero-order valence-corrected chi connectivity index (χ0v) is 69.9. The van der Waals surface area contributed by atoms with Crippen LogP contribution in [-0.2, 0) is 71.4 Å². The summed E-state index contributed by atoms with van der Waals surface area (Å²) in [5.41, 5.74) is 7.22. The number of ether oxygens (including phenoxy) is 9. The molecule has 3 spiro atoms. The van der Waals surface area contributed by atoms with Crippen LogP contribution in [-0.4, -0.2) is 190 Å². The number of nitrogens with one attached hydrogen (secondary N) is 3. The monoisotopic (exact) mass is 1560 g/mol. The van der Waals surface area contributed by atoms with Gasteiger partial charge in [-0.2, -0.15) is 0 Å². The van der Waals surface area contributed by atoms with Crippen LogP contribution in [0.5, 0.6) is 0 Å². The number of hydrogen-bond acceptors (Lipinski definition) is 18. The Kier molecular flexibility index (Phi) is 37.6. The van der Waals surface area contributed by atoms with Crippen molar-refractivity contribution in [3.63, 3.8) is 0 Å². The Morgan fingerprint density at radius 2 is 0.820 bits per heavy atom. The fraction of sp³-hybridized carbons (Fsp3) is 0.727. The fourth-order valence-electron chi connectivity index (χ4n) is 15.2. The molecule has 0 aliphatic carbocycles. The van der Waals surface area contributed by atoms with Gasteiger partial charge in [0.05, 0.1) is 135 Å². The highest BCUT2D eigenvalue weighted by Gasteiger charge is 2.58. The molecule has 0 aromatic rings. The SMILES string of the molecule is CC(/C=C/[C@@H]1C[C@]2(CO2)CC(O)(CC(=O)O)O1)=C\C[C@@H]1O[C@H](C)[C@H](NC(=O)/C=C\C(C)C)C[C@@H]1C.CC(/C=C/[C@@H]1C[C@]2(CO2)C[C@@H](CC(=O)O)O1)=C\C[C@@H]1O[C@H](C)[C@H](NC(=O)/C=C\C(C)C)C[C@@H]1C.CCCCC(=O)CC1(O)C[C@@]2(CO2)C[C@@H](/C=C/C(C)=C/C[C@@H]2O[C@H](C)[C@H](NC(=O)/C=C\C(C)C)C[C@@H]2C)O1.CCCN. The number of Topliss-reactive ketones (excluding diaryl/α,β-unsaturated/α-hetero) is 1. The maximum atomic E-state index is 12.3. The molecule has 23 heteroatoms. The third kappa shape index (κ3) is 33.9. The molecule has 9 fully saturated rings. The molecule has 0 aromatic heterocycles. The Balaban J connectivity index is 0.000000254. The van der Waals surface area contributed by atoms with E-state index < -0.39 is 41.6 Å². The smallest absolute Gasteiger partial charge is 0.308 e. The minimum atomic E-state index is -1.72. The predicted octanol–water partition coefficient (Wildman–Crippen LogP) is 13.2. The van der Waals surface area contributed by atoms with Gasteiger partial charge in [-0.15, -0.1) is 0 Å². The molecule has 23 nitrogen and oxygen atoms in total. The second-order valence-corrected chi connectivity index (χ2v) is 34.4. The van der Waals surface area contributed by atoms with Crippen LogP contribution >= 0.6 is 0 Å². The number of carboxylic acid groups (broad SMARTS) is 2. The van der Waals surface area contributed by atoms with Crippen LogP contribution in [0.3, 0.4) is 0 Å². The summed E-state index contributed by atoms with van der Waals surface area (Å²) in [5, 5.41) is 49.2. The van der Waals surface area contributed by atoms with E-state index in [0.717, 1.165) is 87.5 Å². The summed E-state index contributed by atoms with van der Waals surface area (Å²) in [6.45, 7) is 37.6. The van der Waals surface area contributed by atoms with Crippen molar-refractivity contribution < 1.29 is 91.8 Å². The normalized spacial score (nSPS) is 35.7. The van der Waals surface area contributed by atoms with E-state index >= 15 is 0 Å². The first-order valence-corrected chi connectivity index (χ1v) is 41.3. The molecule has 9 N–H and O–H groups in total. The van der Waals surface area contributed by atoms with Crippen molar-refractivity contribution in [1.82, 2.24) is 16.0 Å². The van der Waals surface area contributed by atoms with Crippen LogP contribution < -0.4 is 21.7 Å². The third-order valence-corrected chi connectivity index (χ3v) is 22.0. The summed E-state index contributed by atoms with van der Waals surface area (Å²) in [6, 6.07) is 0.00347. The molecular weight excluding hydrogens is 1420 g/mol. The van der Waals surface area contributed by atoms with Crippen molar-refractivity contribution in [3.8, 4) is 0 Å². The van der Waals surface area contributed by atoms with Crippen molar-refractivity contribution in [2.24, 2.45) is 41.2 Å². The predicted molar refractivity (Wildman–Crippen MR) is 430 cm³/mol. The van der Waals surface area contributed by atoms with E-state index in [1.165, 1.54) is 0 Å². The lowest BCUT2D eigenvalue weighted by Crippen LogP contribution is -2.50. The summed E-state index contributed by atoms with van der Waals surface area (Å²) < 4.78 is 53.4. The number of carbonyl (C=O) groups excluding carboxylic acids is 4. The number of nitrogens with two attached hydrogens (primary N) is 1. The molecule has 626 valence electrons. The number of allylic oxidation sites excluding steroid dienone is 9. The number of amides is 3. The van der Waals surface area contributed by atoms with Crippen molar-refractivity contribution in [1.29, 1.82) is 0 Å². The van der Waals surface area contributed by atoms with E-state index in [1.54, 1.807) is 18.2 Å². The molecule has 0 saturated carbocycles. The summed E-state index contributed by atoms with van der Waals surface area (Å²) in [6.07, 6.45) is 38.8. The summed E-state index contributed by atoms with van der Waals surface area (Å²) in [7, 11) is 0. The average molecular weight is 1560 g/mol. The van der Waals surface area contributed by atoms with Gasteiger partial charge in [0.15, 0.2) is 11.6 Å².